The summed E-state index contributed by atoms with van der Waals surface area (Å²) >= 11 is 0. The van der Waals surface area contributed by atoms with Gasteiger partial charge in [-0.05, 0) is 66.8 Å². The number of ether oxygens (including phenoxy) is 2. The lowest BCUT2D eigenvalue weighted by Gasteiger charge is -2.37. The van der Waals surface area contributed by atoms with Crippen molar-refractivity contribution in [2.45, 2.75) is 76.2 Å². The molecule has 8 heteroatoms. The highest BCUT2D eigenvalue weighted by molar-refractivity contribution is 6.76. The van der Waals surface area contributed by atoms with Crippen molar-refractivity contribution in [3.63, 3.8) is 0 Å². The normalized spacial score (nSPS) is 16.9. The van der Waals surface area contributed by atoms with Crippen molar-refractivity contribution in [3.8, 4) is 11.4 Å². The average molecular weight is 684 g/mol. The fourth-order valence-electron chi connectivity index (χ4n) is 7.25. The summed E-state index contributed by atoms with van der Waals surface area (Å²) in [5.41, 5.74) is 4.64. The molecule has 0 atom stereocenters. The Labute approximate surface area is 297 Å². The zero-order valence-electron chi connectivity index (χ0n) is 29.6. The van der Waals surface area contributed by atoms with Gasteiger partial charge in [-0.25, -0.2) is 9.97 Å². The number of hydrogen-bond acceptors (Lipinski definition) is 5. The van der Waals surface area contributed by atoms with E-state index in [2.05, 4.69) is 137 Å². The third-order valence-electron chi connectivity index (χ3n) is 10.2. The Morgan fingerprint density at radius 3 is 1.98 bits per heavy atom. The molecule has 0 spiro atoms. The van der Waals surface area contributed by atoms with Gasteiger partial charge < -0.3 is 14.0 Å². The summed E-state index contributed by atoms with van der Waals surface area (Å²) in [6.45, 7) is 9.09. The van der Waals surface area contributed by atoms with Crippen molar-refractivity contribution < 1.29 is 9.47 Å². The van der Waals surface area contributed by atoms with Crippen LogP contribution in [0.1, 0.15) is 54.8 Å². The molecule has 3 aromatic heterocycles. The SMILES string of the molecule is C[Si](C)(C)CCOCn1ccc2cnc(-c3cnn(C4CCC(CCOC(c5ccccc5)(c5ccccc5)c5ccccc5)CC4)c3)nc21. The van der Waals surface area contributed by atoms with Gasteiger partial charge in [0.05, 0.1) is 17.8 Å². The second-order valence-electron chi connectivity index (χ2n) is 14.9. The molecule has 6 aromatic rings. The molecule has 0 amide bonds. The monoisotopic (exact) mass is 683 g/mol. The molecule has 0 N–H and O–H groups in total. The maximum Gasteiger partial charge on any atom is 0.164 e. The minimum absolute atomic E-state index is 0.380. The average Bonchev–Trinajstić information content (AvgIpc) is 3.81. The summed E-state index contributed by atoms with van der Waals surface area (Å²) in [6, 6.07) is 35.6. The van der Waals surface area contributed by atoms with E-state index in [0.29, 0.717) is 31.1 Å². The van der Waals surface area contributed by atoms with E-state index >= 15 is 0 Å². The van der Waals surface area contributed by atoms with E-state index in [1.165, 1.54) is 0 Å². The fraction of sp³-hybridized carbons (Fsp3) is 0.357. The third-order valence-corrected chi connectivity index (χ3v) is 11.9. The number of rotatable bonds is 14. The Hall–Kier alpha value is -4.37. The van der Waals surface area contributed by atoms with Gasteiger partial charge in [0.2, 0.25) is 0 Å². The predicted molar refractivity (Wildman–Crippen MR) is 204 cm³/mol. The van der Waals surface area contributed by atoms with Crippen LogP contribution in [0.25, 0.3) is 22.4 Å². The zero-order valence-corrected chi connectivity index (χ0v) is 30.6. The Morgan fingerprint density at radius 2 is 1.38 bits per heavy atom. The van der Waals surface area contributed by atoms with E-state index in [1.54, 1.807) is 0 Å². The molecule has 1 saturated carbocycles. The van der Waals surface area contributed by atoms with Crippen molar-refractivity contribution >= 4 is 19.1 Å². The number of benzene rings is 3. The summed E-state index contributed by atoms with van der Waals surface area (Å²) < 4.78 is 17.3. The van der Waals surface area contributed by atoms with Gasteiger partial charge in [0.1, 0.15) is 18.0 Å². The van der Waals surface area contributed by atoms with Crippen molar-refractivity contribution in [2.75, 3.05) is 13.2 Å². The van der Waals surface area contributed by atoms with Gasteiger partial charge in [0.25, 0.3) is 0 Å². The van der Waals surface area contributed by atoms with Crippen LogP contribution in [0.3, 0.4) is 0 Å². The number of fused-ring (bicyclic) bond motifs is 1. The molecule has 1 fully saturated rings. The topological polar surface area (TPSA) is 67.0 Å². The van der Waals surface area contributed by atoms with E-state index in [4.69, 9.17) is 19.6 Å². The quantitative estimate of drug-likeness (QED) is 0.0650. The minimum atomic E-state index is -1.13. The largest absolute Gasteiger partial charge is 0.361 e. The summed E-state index contributed by atoms with van der Waals surface area (Å²) in [6.07, 6.45) is 13.5. The van der Waals surface area contributed by atoms with Crippen LogP contribution in [0.5, 0.6) is 0 Å². The molecule has 0 aliphatic heterocycles. The molecule has 3 aromatic carbocycles. The molecular formula is C42H49N5O2Si. The molecular weight excluding hydrogens is 635 g/mol. The fourth-order valence-corrected chi connectivity index (χ4v) is 8.01. The van der Waals surface area contributed by atoms with Gasteiger partial charge in [0.15, 0.2) is 5.82 Å². The van der Waals surface area contributed by atoms with Crippen LogP contribution < -0.4 is 0 Å². The van der Waals surface area contributed by atoms with E-state index in [0.717, 1.165) is 78.0 Å². The summed E-state index contributed by atoms with van der Waals surface area (Å²) in [4.78, 5) is 9.62. The van der Waals surface area contributed by atoms with Crippen molar-refractivity contribution in [2.24, 2.45) is 5.92 Å². The zero-order chi connectivity index (χ0) is 34.4. The molecule has 0 saturated heterocycles. The van der Waals surface area contributed by atoms with Gasteiger partial charge in [-0.1, -0.05) is 111 Å². The molecule has 1 aliphatic rings. The Morgan fingerprint density at radius 1 is 0.760 bits per heavy atom. The van der Waals surface area contributed by atoms with Gasteiger partial charge in [0, 0.05) is 45.3 Å². The molecule has 50 heavy (non-hydrogen) atoms. The second-order valence-corrected chi connectivity index (χ2v) is 20.5. The maximum absolute atomic E-state index is 7.09. The number of nitrogens with zero attached hydrogens (tertiary/aromatic N) is 5. The molecule has 3 heterocycles. The lowest BCUT2D eigenvalue weighted by molar-refractivity contribution is 0.00269. The molecule has 1 aliphatic carbocycles. The van der Waals surface area contributed by atoms with E-state index in [9.17, 15) is 0 Å². The molecule has 7 nitrogen and oxygen atoms in total. The van der Waals surface area contributed by atoms with Crippen molar-refractivity contribution in [3.05, 3.63) is 139 Å². The van der Waals surface area contributed by atoms with Crippen LogP contribution in [0, 0.1) is 5.92 Å². The predicted octanol–water partition coefficient (Wildman–Crippen LogP) is 9.74. The smallest absolute Gasteiger partial charge is 0.164 e. The van der Waals surface area contributed by atoms with Crippen molar-refractivity contribution in [1.82, 2.24) is 24.3 Å². The van der Waals surface area contributed by atoms with Crippen LogP contribution in [-0.2, 0) is 21.8 Å². The Bertz CT molecular complexity index is 1850. The van der Waals surface area contributed by atoms with E-state index < -0.39 is 13.7 Å². The molecule has 0 radical (unpaired) electrons. The first-order chi connectivity index (χ1) is 24.4. The summed E-state index contributed by atoms with van der Waals surface area (Å²) in [5, 5.41) is 5.81. The maximum atomic E-state index is 7.09. The highest BCUT2D eigenvalue weighted by Crippen LogP contribution is 2.41. The van der Waals surface area contributed by atoms with Crippen LogP contribution in [0.4, 0.5) is 0 Å². The second kappa shape index (κ2) is 15.3. The first-order valence-electron chi connectivity index (χ1n) is 18.1. The summed E-state index contributed by atoms with van der Waals surface area (Å²) in [7, 11) is -1.13. The summed E-state index contributed by atoms with van der Waals surface area (Å²) in [5.74, 6) is 1.32. The van der Waals surface area contributed by atoms with Crippen LogP contribution in [-0.4, -0.2) is 45.6 Å². The molecule has 0 unspecified atom stereocenters. The molecule has 7 rings (SSSR count). The molecule has 0 bridgehead atoms. The van der Waals surface area contributed by atoms with Crippen LogP contribution in [0.15, 0.2) is 122 Å². The van der Waals surface area contributed by atoms with E-state index in [-0.39, 0.29) is 0 Å². The van der Waals surface area contributed by atoms with Crippen LogP contribution >= 0.6 is 0 Å². The van der Waals surface area contributed by atoms with Crippen molar-refractivity contribution in [1.29, 1.82) is 0 Å². The first kappa shape index (κ1) is 34.1. The minimum Gasteiger partial charge on any atom is -0.361 e. The third kappa shape index (κ3) is 7.68. The molecule has 258 valence electrons. The van der Waals surface area contributed by atoms with Gasteiger partial charge in [-0.2, -0.15) is 5.10 Å². The number of aromatic nitrogens is 5. The lowest BCUT2D eigenvalue weighted by atomic mass is 9.80. The first-order valence-corrected chi connectivity index (χ1v) is 21.8. The number of hydrogen-bond donors (Lipinski definition) is 0. The van der Waals surface area contributed by atoms with Gasteiger partial charge in [-0.3, -0.25) is 4.68 Å². The standard InChI is InChI=1S/C42H49N5O2Si/c1-50(2,3)28-27-48-32-46-25-23-34-29-43-40(45-41(34)46)35-30-44-47(31-35)39-21-19-33(20-22-39)24-26-49-42(36-13-7-4-8-14-36,37-15-9-5-10-16-37)38-17-11-6-12-18-38/h4-18,23,25,29-31,33,39H,19-22,24,26-28,32H2,1-3H3. The highest BCUT2D eigenvalue weighted by atomic mass is 28.3. The van der Waals surface area contributed by atoms with Crippen LogP contribution in [0.2, 0.25) is 25.7 Å². The Balaban J connectivity index is 0.984. The van der Waals surface area contributed by atoms with Gasteiger partial charge >= 0.3 is 0 Å². The van der Waals surface area contributed by atoms with Gasteiger partial charge in [-0.15, -0.1) is 0 Å². The Kier molecular flexibility index (Phi) is 10.4. The van der Waals surface area contributed by atoms with E-state index in [1.807, 2.05) is 18.6 Å². The highest BCUT2D eigenvalue weighted by Gasteiger charge is 2.37. The lowest BCUT2D eigenvalue weighted by Crippen LogP contribution is -2.34.